The van der Waals surface area contributed by atoms with Gasteiger partial charge in [-0.15, -0.1) is 0 Å². The normalized spacial score (nSPS) is 23.9. The molecule has 2 heterocycles. The van der Waals surface area contributed by atoms with Crippen LogP contribution in [0.5, 0.6) is 11.5 Å². The van der Waals surface area contributed by atoms with Crippen LogP contribution in [0.25, 0.3) is 0 Å². The van der Waals surface area contributed by atoms with Crippen LogP contribution in [-0.4, -0.2) is 99.0 Å². The third-order valence-electron chi connectivity index (χ3n) is 6.99. The summed E-state index contributed by atoms with van der Waals surface area (Å²) in [6.45, 7) is 1.43. The zero-order valence-electron chi connectivity index (χ0n) is 21.6. The molecule has 0 aliphatic carbocycles. The molecule has 10 nitrogen and oxygen atoms in total. The van der Waals surface area contributed by atoms with Crippen molar-refractivity contribution in [2.45, 2.75) is 30.5 Å². The number of urea groups is 1. The zero-order valence-corrected chi connectivity index (χ0v) is 21.6. The molecule has 2 aromatic rings. The molecule has 0 saturated carbocycles. The fourth-order valence-corrected chi connectivity index (χ4v) is 5.00. The van der Waals surface area contributed by atoms with Crippen LogP contribution in [0, 0.1) is 0 Å². The first-order valence-corrected chi connectivity index (χ1v) is 12.5. The van der Waals surface area contributed by atoms with Crippen LogP contribution in [0.4, 0.5) is 29.3 Å². The largest absolute Gasteiger partial charge is 0.497 e. The number of alkyl halides is 3. The number of nitrogens with zero attached hydrogens (tertiary/aromatic N) is 2. The average Bonchev–Trinajstić information content (AvgIpc) is 3.26. The van der Waals surface area contributed by atoms with E-state index in [4.69, 9.17) is 14.2 Å². The highest BCUT2D eigenvalue weighted by Crippen LogP contribution is 2.33. The Morgan fingerprint density at radius 1 is 1.05 bits per heavy atom. The third-order valence-corrected chi connectivity index (χ3v) is 6.99. The highest BCUT2D eigenvalue weighted by atomic mass is 19.4. The molecular formula is C26H33F3N4O6. The molecule has 4 rings (SSSR count). The highest BCUT2D eigenvalue weighted by molar-refractivity contribution is 5.89. The van der Waals surface area contributed by atoms with Gasteiger partial charge in [0.2, 0.25) is 0 Å². The van der Waals surface area contributed by atoms with E-state index in [0.29, 0.717) is 49.1 Å². The number of hydrogen-bond donors (Lipinski definition) is 4. The molecule has 39 heavy (non-hydrogen) atoms. The standard InChI is InChI=1S/C26H33F3N4O6/c1-37-19-11-17(12-20(13-19)38-2)31-25(36)30-14-21-23(24(35)22(15-34)39-21)33-8-6-32(7-9-33)18-5-3-4-16(10-18)26(27,28)29/h3-5,10-13,21-24,34-35H,6-9,14-15H2,1-2H3,(H2,30,31,36). The maximum absolute atomic E-state index is 13.1. The van der Waals surface area contributed by atoms with Crippen LogP contribution < -0.4 is 25.0 Å². The smallest absolute Gasteiger partial charge is 0.416 e. The van der Waals surface area contributed by atoms with Crippen LogP contribution >= 0.6 is 0 Å². The Labute approximate surface area is 224 Å². The monoisotopic (exact) mass is 554 g/mol. The Morgan fingerprint density at radius 3 is 2.31 bits per heavy atom. The number of halogens is 3. The Morgan fingerprint density at radius 2 is 1.72 bits per heavy atom. The molecule has 214 valence electrons. The van der Waals surface area contributed by atoms with E-state index in [0.717, 1.165) is 12.1 Å². The number of piperazine rings is 1. The number of anilines is 2. The lowest BCUT2D eigenvalue weighted by atomic mass is 10.0. The summed E-state index contributed by atoms with van der Waals surface area (Å²) in [6, 6.07) is 9.10. The molecule has 4 N–H and O–H groups in total. The third kappa shape index (κ3) is 6.85. The van der Waals surface area contributed by atoms with Crippen molar-refractivity contribution in [3.63, 3.8) is 0 Å². The first-order chi connectivity index (χ1) is 18.6. The average molecular weight is 555 g/mol. The maximum Gasteiger partial charge on any atom is 0.416 e. The Balaban J connectivity index is 1.37. The van der Waals surface area contributed by atoms with Gasteiger partial charge < -0.3 is 40.0 Å². The minimum absolute atomic E-state index is 0.0546. The Bertz CT molecular complexity index is 1110. The number of rotatable bonds is 8. The van der Waals surface area contributed by atoms with Crippen molar-refractivity contribution in [1.29, 1.82) is 0 Å². The molecule has 13 heteroatoms. The van der Waals surface area contributed by atoms with Gasteiger partial charge in [-0.2, -0.15) is 13.2 Å². The van der Waals surface area contributed by atoms with E-state index in [9.17, 15) is 28.2 Å². The van der Waals surface area contributed by atoms with Gasteiger partial charge in [0.15, 0.2) is 0 Å². The number of aliphatic hydroxyl groups excluding tert-OH is 2. The zero-order chi connectivity index (χ0) is 28.2. The van der Waals surface area contributed by atoms with E-state index in [1.165, 1.54) is 20.3 Å². The van der Waals surface area contributed by atoms with E-state index < -0.39 is 48.7 Å². The number of aliphatic hydroxyl groups is 2. The predicted molar refractivity (Wildman–Crippen MR) is 137 cm³/mol. The first kappa shape index (κ1) is 28.7. The van der Waals surface area contributed by atoms with Gasteiger partial charge in [0.25, 0.3) is 0 Å². The lowest BCUT2D eigenvalue weighted by Crippen LogP contribution is -2.57. The summed E-state index contributed by atoms with van der Waals surface area (Å²) in [5.41, 5.74) is 0.223. The van der Waals surface area contributed by atoms with Crippen molar-refractivity contribution in [2.75, 3.05) is 63.8 Å². The molecule has 2 aliphatic heterocycles. The predicted octanol–water partition coefficient (Wildman–Crippen LogP) is 2.16. The Kier molecular flexibility index (Phi) is 9.05. The summed E-state index contributed by atoms with van der Waals surface area (Å²) in [6.07, 6.45) is -6.88. The van der Waals surface area contributed by atoms with E-state index in [-0.39, 0.29) is 6.54 Å². The molecule has 0 bridgehead atoms. The number of carbonyl (C=O) groups is 1. The second-order valence-corrected chi connectivity index (χ2v) is 9.38. The van der Waals surface area contributed by atoms with Gasteiger partial charge in [-0.05, 0) is 18.2 Å². The van der Waals surface area contributed by atoms with Crippen molar-refractivity contribution < 1.29 is 42.4 Å². The van der Waals surface area contributed by atoms with Gasteiger partial charge in [0.1, 0.15) is 23.7 Å². The summed E-state index contributed by atoms with van der Waals surface area (Å²) >= 11 is 0. The minimum atomic E-state index is -4.42. The topological polar surface area (TPSA) is 116 Å². The summed E-state index contributed by atoms with van der Waals surface area (Å²) in [5, 5.41) is 26.0. The molecule has 2 saturated heterocycles. The quantitative estimate of drug-likeness (QED) is 0.393. The number of hydrogen-bond acceptors (Lipinski definition) is 8. The number of carbonyl (C=O) groups excluding carboxylic acids is 1. The van der Waals surface area contributed by atoms with Crippen molar-refractivity contribution in [2.24, 2.45) is 0 Å². The van der Waals surface area contributed by atoms with Crippen LogP contribution in [0.2, 0.25) is 0 Å². The molecular weight excluding hydrogens is 521 g/mol. The number of ether oxygens (including phenoxy) is 3. The second kappa shape index (κ2) is 12.3. The van der Waals surface area contributed by atoms with Crippen LogP contribution in [-0.2, 0) is 10.9 Å². The van der Waals surface area contributed by atoms with Gasteiger partial charge in [0, 0.05) is 62.3 Å². The first-order valence-electron chi connectivity index (χ1n) is 12.5. The highest BCUT2D eigenvalue weighted by Gasteiger charge is 2.46. The Hall–Kier alpha value is -3.26. The van der Waals surface area contributed by atoms with Crippen molar-refractivity contribution >= 4 is 17.4 Å². The van der Waals surface area contributed by atoms with E-state index in [1.54, 1.807) is 24.3 Å². The van der Waals surface area contributed by atoms with Gasteiger partial charge in [-0.1, -0.05) is 6.07 Å². The number of nitrogens with one attached hydrogen (secondary N) is 2. The van der Waals surface area contributed by atoms with Gasteiger partial charge in [0.05, 0.1) is 38.5 Å². The van der Waals surface area contributed by atoms with Crippen LogP contribution in [0.15, 0.2) is 42.5 Å². The molecule has 2 aliphatic rings. The molecule has 0 spiro atoms. The lowest BCUT2D eigenvalue weighted by molar-refractivity contribution is -0.137. The molecule has 2 fully saturated rings. The summed E-state index contributed by atoms with van der Waals surface area (Å²) < 4.78 is 55.7. The van der Waals surface area contributed by atoms with Gasteiger partial charge in [-0.3, -0.25) is 4.90 Å². The SMILES string of the molecule is COc1cc(NC(=O)NCC2OC(CO)C(O)C2N2CCN(c3cccc(C(F)(F)F)c3)CC2)cc(OC)c1. The molecule has 4 atom stereocenters. The van der Waals surface area contributed by atoms with Crippen LogP contribution in [0.3, 0.4) is 0 Å². The molecule has 0 aromatic heterocycles. The van der Waals surface area contributed by atoms with Crippen molar-refractivity contribution in [3.8, 4) is 11.5 Å². The van der Waals surface area contributed by atoms with Crippen molar-refractivity contribution in [3.05, 3.63) is 48.0 Å². The number of methoxy groups -OCH3 is 2. The molecule has 4 unspecified atom stereocenters. The molecule has 2 amide bonds. The van der Waals surface area contributed by atoms with Crippen molar-refractivity contribution in [1.82, 2.24) is 10.2 Å². The second-order valence-electron chi connectivity index (χ2n) is 9.38. The van der Waals surface area contributed by atoms with Gasteiger partial charge >= 0.3 is 12.2 Å². The van der Waals surface area contributed by atoms with Crippen LogP contribution in [0.1, 0.15) is 5.56 Å². The van der Waals surface area contributed by atoms with E-state index in [1.807, 2.05) is 9.80 Å². The molecule has 0 radical (unpaired) electrons. The number of amides is 2. The van der Waals surface area contributed by atoms with E-state index in [2.05, 4.69) is 10.6 Å². The maximum atomic E-state index is 13.1. The van der Waals surface area contributed by atoms with E-state index >= 15 is 0 Å². The number of benzene rings is 2. The fraction of sp³-hybridized carbons (Fsp3) is 0.500. The van der Waals surface area contributed by atoms with Gasteiger partial charge in [-0.25, -0.2) is 4.79 Å². The summed E-state index contributed by atoms with van der Waals surface area (Å²) in [4.78, 5) is 16.5. The summed E-state index contributed by atoms with van der Waals surface area (Å²) in [7, 11) is 3.00. The fourth-order valence-electron chi connectivity index (χ4n) is 5.00. The summed E-state index contributed by atoms with van der Waals surface area (Å²) in [5.74, 6) is 1.00. The minimum Gasteiger partial charge on any atom is -0.497 e. The molecule has 2 aromatic carbocycles. The lowest BCUT2D eigenvalue weighted by Gasteiger charge is -2.41.